The molecule has 1 saturated carbocycles. The molecule has 0 spiro atoms. The van der Waals surface area contributed by atoms with Gasteiger partial charge in [-0.15, -0.1) is 11.8 Å². The summed E-state index contributed by atoms with van der Waals surface area (Å²) in [5.41, 5.74) is 4.32. The van der Waals surface area contributed by atoms with E-state index in [-0.39, 0.29) is 0 Å². The summed E-state index contributed by atoms with van der Waals surface area (Å²) in [7, 11) is 0. The predicted molar refractivity (Wildman–Crippen MR) is 127 cm³/mol. The lowest BCUT2D eigenvalue weighted by Crippen LogP contribution is -2.09. The second-order valence-corrected chi connectivity index (χ2v) is 9.56. The van der Waals surface area contributed by atoms with Crippen molar-refractivity contribution < 1.29 is 0 Å². The van der Waals surface area contributed by atoms with Crippen molar-refractivity contribution in [1.29, 1.82) is 5.26 Å². The summed E-state index contributed by atoms with van der Waals surface area (Å²) in [4.78, 5) is 4.90. The van der Waals surface area contributed by atoms with Crippen LogP contribution < -0.4 is 0 Å². The average Bonchev–Trinajstić information content (AvgIpc) is 2.79. The average molecular weight is 453 g/mol. The summed E-state index contributed by atoms with van der Waals surface area (Å²) in [6.07, 6.45) is 6.51. The summed E-state index contributed by atoms with van der Waals surface area (Å²) in [5, 5.41) is 12.2. The first-order valence-electron chi connectivity index (χ1n) is 10.2. The molecule has 0 amide bonds. The molecule has 1 aliphatic carbocycles. The number of nitriles is 1. The highest BCUT2D eigenvalue weighted by Crippen LogP contribution is 2.37. The van der Waals surface area contributed by atoms with Gasteiger partial charge < -0.3 is 0 Å². The summed E-state index contributed by atoms with van der Waals surface area (Å²) in [6.45, 7) is 0. The van der Waals surface area contributed by atoms with Gasteiger partial charge in [0.25, 0.3) is 0 Å². The second kappa shape index (κ2) is 9.88. The molecule has 1 aromatic heterocycles. The van der Waals surface area contributed by atoms with Crippen LogP contribution >= 0.6 is 35.0 Å². The maximum absolute atomic E-state index is 10.0. The first-order chi connectivity index (χ1) is 14.6. The number of hydrogen-bond donors (Lipinski definition) is 0. The molecule has 3 aromatic rings. The zero-order chi connectivity index (χ0) is 20.9. The molecule has 0 radical (unpaired) electrons. The summed E-state index contributed by atoms with van der Waals surface area (Å²) in [6, 6.07) is 19.7. The molecule has 30 heavy (non-hydrogen) atoms. The van der Waals surface area contributed by atoms with Crippen molar-refractivity contribution in [2.75, 3.05) is 5.75 Å². The lowest BCUT2D eigenvalue weighted by Gasteiger charge is -2.21. The summed E-state index contributed by atoms with van der Waals surface area (Å²) >= 11 is 13.9. The Morgan fingerprint density at radius 1 is 0.900 bits per heavy atom. The Hall–Kier alpha value is -1.99. The highest BCUT2D eigenvalue weighted by molar-refractivity contribution is 7.99. The van der Waals surface area contributed by atoms with Crippen molar-refractivity contribution in [3.05, 3.63) is 70.2 Å². The minimum absolute atomic E-state index is 0.635. The quantitative estimate of drug-likeness (QED) is 0.365. The van der Waals surface area contributed by atoms with E-state index < -0.39 is 0 Å². The number of benzene rings is 2. The topological polar surface area (TPSA) is 36.7 Å². The van der Waals surface area contributed by atoms with Gasteiger partial charge in [-0.05, 0) is 54.7 Å². The minimum atomic E-state index is 0.635. The monoisotopic (exact) mass is 452 g/mol. The van der Waals surface area contributed by atoms with E-state index in [4.69, 9.17) is 28.2 Å². The number of pyridine rings is 1. The number of nitrogens with zero attached hydrogens (tertiary/aromatic N) is 2. The maximum atomic E-state index is 10.0. The summed E-state index contributed by atoms with van der Waals surface area (Å²) in [5.74, 6) is 1.71. The molecular formula is C25H22Cl2N2S. The molecule has 0 saturated heterocycles. The third-order valence-corrected chi connectivity index (χ3v) is 7.28. The SMILES string of the molecule is N#Cc1c(-c2ccc(Cl)cc2)cc(-c2ccc(Cl)cc2)nc1SCC1CCCCC1. The van der Waals surface area contributed by atoms with Crippen LogP contribution in [0, 0.1) is 17.2 Å². The fourth-order valence-electron chi connectivity index (χ4n) is 3.91. The standard InChI is InChI=1S/C25H22Cl2N2S/c26-20-10-6-18(7-11-20)22-14-24(19-8-12-21(27)13-9-19)29-25(23(22)15-28)30-16-17-4-2-1-3-5-17/h6-14,17H,1-5,16H2. The lowest BCUT2D eigenvalue weighted by atomic mass is 9.91. The number of hydrogen-bond acceptors (Lipinski definition) is 3. The van der Waals surface area contributed by atoms with E-state index in [2.05, 4.69) is 6.07 Å². The lowest BCUT2D eigenvalue weighted by molar-refractivity contribution is 0.391. The van der Waals surface area contributed by atoms with Crippen LogP contribution in [0.15, 0.2) is 59.6 Å². The van der Waals surface area contributed by atoms with Gasteiger partial charge in [0.1, 0.15) is 11.1 Å². The Bertz CT molecular complexity index is 1050. The van der Waals surface area contributed by atoms with Gasteiger partial charge in [0.2, 0.25) is 0 Å². The number of rotatable bonds is 5. The van der Waals surface area contributed by atoms with Gasteiger partial charge >= 0.3 is 0 Å². The third-order valence-electron chi connectivity index (χ3n) is 5.57. The van der Waals surface area contributed by atoms with Gasteiger partial charge in [-0.25, -0.2) is 4.98 Å². The molecule has 4 rings (SSSR count). The van der Waals surface area contributed by atoms with E-state index in [1.807, 2.05) is 54.6 Å². The van der Waals surface area contributed by atoms with Gasteiger partial charge in [0, 0.05) is 26.9 Å². The van der Waals surface area contributed by atoms with E-state index in [0.29, 0.717) is 21.5 Å². The van der Waals surface area contributed by atoms with Crippen LogP contribution in [-0.2, 0) is 0 Å². The van der Waals surface area contributed by atoms with Gasteiger partial charge in [-0.1, -0.05) is 66.7 Å². The molecule has 0 atom stereocenters. The number of aromatic nitrogens is 1. The van der Waals surface area contributed by atoms with E-state index in [1.165, 1.54) is 32.1 Å². The Kier molecular flexibility index (Phi) is 7.00. The third kappa shape index (κ3) is 5.01. The second-order valence-electron chi connectivity index (χ2n) is 7.68. The van der Waals surface area contributed by atoms with Gasteiger partial charge in [0.15, 0.2) is 0 Å². The van der Waals surface area contributed by atoms with Crippen molar-refractivity contribution in [2.45, 2.75) is 37.1 Å². The van der Waals surface area contributed by atoms with Crippen molar-refractivity contribution in [2.24, 2.45) is 5.92 Å². The van der Waals surface area contributed by atoms with Gasteiger partial charge in [-0.2, -0.15) is 5.26 Å². The van der Waals surface area contributed by atoms with Crippen LogP contribution in [0.3, 0.4) is 0 Å². The predicted octanol–water partition coefficient (Wildman–Crippen LogP) is 8.27. The van der Waals surface area contributed by atoms with E-state index in [0.717, 1.165) is 33.2 Å². The van der Waals surface area contributed by atoms with Crippen molar-refractivity contribution >= 4 is 35.0 Å². The molecule has 152 valence electrons. The normalized spacial score (nSPS) is 14.4. The molecule has 2 nitrogen and oxygen atoms in total. The van der Waals surface area contributed by atoms with E-state index in [1.54, 1.807) is 11.8 Å². The Balaban J connectivity index is 1.76. The first-order valence-corrected chi connectivity index (χ1v) is 12.0. The Labute approximate surface area is 192 Å². The van der Waals surface area contributed by atoms with Gasteiger partial charge in [0.05, 0.1) is 11.3 Å². The molecule has 0 N–H and O–H groups in total. The summed E-state index contributed by atoms with van der Waals surface area (Å²) < 4.78 is 0. The zero-order valence-electron chi connectivity index (χ0n) is 16.6. The first kappa shape index (κ1) is 21.2. The van der Waals surface area contributed by atoms with Crippen LogP contribution in [0.4, 0.5) is 0 Å². The van der Waals surface area contributed by atoms with Crippen molar-refractivity contribution in [3.63, 3.8) is 0 Å². The fourth-order valence-corrected chi connectivity index (χ4v) is 5.35. The molecule has 2 aromatic carbocycles. The van der Waals surface area contributed by atoms with Crippen LogP contribution in [0.1, 0.15) is 37.7 Å². The van der Waals surface area contributed by atoms with Crippen molar-refractivity contribution in [1.82, 2.24) is 4.98 Å². The highest BCUT2D eigenvalue weighted by Gasteiger charge is 2.19. The molecule has 1 heterocycles. The fraction of sp³-hybridized carbons (Fsp3) is 0.280. The Morgan fingerprint density at radius 3 is 2.10 bits per heavy atom. The largest absolute Gasteiger partial charge is 0.240 e. The van der Waals surface area contributed by atoms with Crippen molar-refractivity contribution in [3.8, 4) is 28.5 Å². The van der Waals surface area contributed by atoms with Crippen LogP contribution in [-0.4, -0.2) is 10.7 Å². The smallest absolute Gasteiger partial charge is 0.115 e. The Morgan fingerprint density at radius 2 is 1.50 bits per heavy atom. The van der Waals surface area contributed by atoms with Gasteiger partial charge in [-0.3, -0.25) is 0 Å². The maximum Gasteiger partial charge on any atom is 0.115 e. The number of thioether (sulfide) groups is 1. The van der Waals surface area contributed by atoms with Crippen LogP contribution in [0.5, 0.6) is 0 Å². The minimum Gasteiger partial charge on any atom is -0.240 e. The van der Waals surface area contributed by atoms with E-state index in [9.17, 15) is 5.26 Å². The number of halogens is 2. The molecular weight excluding hydrogens is 431 g/mol. The van der Waals surface area contributed by atoms with E-state index >= 15 is 0 Å². The van der Waals surface area contributed by atoms with Crippen LogP contribution in [0.2, 0.25) is 10.0 Å². The molecule has 0 aliphatic heterocycles. The van der Waals surface area contributed by atoms with Crippen LogP contribution in [0.25, 0.3) is 22.4 Å². The molecule has 0 bridgehead atoms. The highest BCUT2D eigenvalue weighted by atomic mass is 35.5. The zero-order valence-corrected chi connectivity index (χ0v) is 18.9. The molecule has 1 aliphatic rings. The molecule has 1 fully saturated rings. The molecule has 0 unspecified atom stereocenters. The molecule has 5 heteroatoms.